The van der Waals surface area contributed by atoms with Gasteiger partial charge in [0.25, 0.3) is 0 Å². The molecule has 1 aromatic rings. The number of allylic oxidation sites excluding steroid dienone is 1. The smallest absolute Gasteiger partial charge is 0.158 e. The van der Waals surface area contributed by atoms with Crippen molar-refractivity contribution in [2.75, 3.05) is 17.8 Å². The second kappa shape index (κ2) is 7.50. The molecule has 24 heavy (non-hydrogen) atoms. The van der Waals surface area contributed by atoms with E-state index in [1.807, 2.05) is 24.3 Å². The molecule has 0 radical (unpaired) electrons. The van der Waals surface area contributed by atoms with E-state index in [0.717, 1.165) is 35.7 Å². The number of thioether (sulfide) groups is 1. The van der Waals surface area contributed by atoms with Crippen molar-refractivity contribution in [3.05, 3.63) is 40.4 Å². The maximum absolute atomic E-state index is 9.62. The molecule has 1 saturated heterocycles. The van der Waals surface area contributed by atoms with Crippen LogP contribution in [-0.2, 0) is 0 Å². The van der Waals surface area contributed by atoms with E-state index >= 15 is 0 Å². The number of nitrogens with zero attached hydrogens (tertiary/aromatic N) is 4. The van der Waals surface area contributed by atoms with E-state index in [1.54, 1.807) is 11.8 Å². The first-order valence-corrected chi connectivity index (χ1v) is 9.82. The van der Waals surface area contributed by atoms with Gasteiger partial charge in [-0.15, -0.1) is 11.8 Å². The van der Waals surface area contributed by atoms with E-state index < -0.39 is 0 Å². The highest BCUT2D eigenvalue weighted by Gasteiger charge is 2.43. The molecular formula is C18H21ClN4S. The van der Waals surface area contributed by atoms with Crippen LogP contribution in [0.2, 0.25) is 5.02 Å². The molecule has 2 heterocycles. The van der Waals surface area contributed by atoms with Gasteiger partial charge in [-0.2, -0.15) is 5.26 Å². The minimum Gasteiger partial charge on any atom is -0.281 e. The van der Waals surface area contributed by atoms with Gasteiger partial charge in [-0.05, 0) is 49.4 Å². The average Bonchev–Trinajstić information content (AvgIpc) is 2.98. The van der Waals surface area contributed by atoms with Crippen molar-refractivity contribution in [1.29, 1.82) is 5.26 Å². The van der Waals surface area contributed by atoms with Crippen LogP contribution in [0, 0.1) is 17.2 Å². The molecule has 0 N–H and O–H groups in total. The van der Waals surface area contributed by atoms with Crippen LogP contribution in [0.1, 0.15) is 26.2 Å². The van der Waals surface area contributed by atoms with Gasteiger partial charge in [-0.25, -0.2) is 0 Å². The fourth-order valence-electron chi connectivity index (χ4n) is 3.09. The van der Waals surface area contributed by atoms with Crippen LogP contribution >= 0.6 is 23.4 Å². The average molecular weight is 361 g/mol. The van der Waals surface area contributed by atoms with Gasteiger partial charge in [-0.3, -0.25) is 15.0 Å². The standard InChI is InChI=1S/C18H21ClN4S/c1-3-4-5-15-10-17(24-2)23-18(21-15)13(11-20)12-22(23)16-8-6-14(19)7-9-16/h6-10,13,18H,3-5,12H2,1-2H3. The van der Waals surface area contributed by atoms with Crippen LogP contribution in [-0.4, -0.2) is 29.7 Å². The molecule has 0 amide bonds. The largest absolute Gasteiger partial charge is 0.281 e. The van der Waals surface area contributed by atoms with Crippen LogP contribution < -0.4 is 5.01 Å². The van der Waals surface area contributed by atoms with Gasteiger partial charge in [0.15, 0.2) is 6.17 Å². The summed E-state index contributed by atoms with van der Waals surface area (Å²) in [5.74, 6) is -0.145. The van der Waals surface area contributed by atoms with Gasteiger partial charge in [0.2, 0.25) is 0 Å². The summed E-state index contributed by atoms with van der Waals surface area (Å²) in [5, 5.41) is 15.8. The predicted molar refractivity (Wildman–Crippen MR) is 102 cm³/mol. The lowest BCUT2D eigenvalue weighted by Crippen LogP contribution is -2.41. The number of hydrogen-bond donors (Lipinski definition) is 0. The van der Waals surface area contributed by atoms with E-state index in [9.17, 15) is 5.26 Å². The van der Waals surface area contributed by atoms with Crippen LogP contribution in [0.25, 0.3) is 0 Å². The van der Waals surface area contributed by atoms with Crippen molar-refractivity contribution in [1.82, 2.24) is 5.01 Å². The van der Waals surface area contributed by atoms with E-state index in [0.29, 0.717) is 11.6 Å². The van der Waals surface area contributed by atoms with Crippen LogP contribution in [0.15, 0.2) is 40.4 Å². The first-order chi connectivity index (χ1) is 11.7. The Labute approximate surface area is 152 Å². The SMILES string of the molecule is CCCCC1=NC2C(C#N)CN(c3ccc(Cl)cc3)N2C(SC)=C1. The van der Waals surface area contributed by atoms with Crippen LogP contribution in [0.3, 0.4) is 0 Å². The Morgan fingerprint density at radius 1 is 1.38 bits per heavy atom. The lowest BCUT2D eigenvalue weighted by atomic mass is 10.1. The summed E-state index contributed by atoms with van der Waals surface area (Å²) in [5.41, 5.74) is 2.15. The normalized spacial score (nSPS) is 22.8. The molecule has 2 aliphatic heterocycles. The number of rotatable bonds is 5. The monoisotopic (exact) mass is 360 g/mol. The number of halogens is 1. The van der Waals surface area contributed by atoms with Gasteiger partial charge >= 0.3 is 0 Å². The molecule has 2 unspecified atom stereocenters. The summed E-state index contributed by atoms with van der Waals surface area (Å²) in [4.78, 5) is 4.89. The van der Waals surface area contributed by atoms with Crippen molar-refractivity contribution < 1.29 is 0 Å². The molecule has 0 spiro atoms. The van der Waals surface area contributed by atoms with E-state index in [4.69, 9.17) is 16.6 Å². The molecule has 126 valence electrons. The maximum atomic E-state index is 9.62. The van der Waals surface area contributed by atoms with E-state index in [-0.39, 0.29) is 12.1 Å². The molecule has 6 heteroatoms. The molecule has 3 rings (SSSR count). The third-order valence-corrected chi connectivity index (χ3v) is 5.32. The number of anilines is 1. The fourth-order valence-corrected chi connectivity index (χ4v) is 3.86. The van der Waals surface area contributed by atoms with Crippen LogP contribution in [0.5, 0.6) is 0 Å². The molecule has 0 aliphatic carbocycles. The summed E-state index contributed by atoms with van der Waals surface area (Å²) in [7, 11) is 0. The molecule has 2 atom stereocenters. The minimum atomic E-state index is -0.145. The molecule has 2 aliphatic rings. The zero-order chi connectivity index (χ0) is 17.1. The summed E-state index contributed by atoms with van der Waals surface area (Å²) in [6.45, 7) is 2.83. The van der Waals surface area contributed by atoms with Crippen LogP contribution in [0.4, 0.5) is 5.69 Å². The summed E-state index contributed by atoms with van der Waals surface area (Å²) >= 11 is 7.72. The van der Waals surface area contributed by atoms with Crippen molar-refractivity contribution in [2.45, 2.75) is 32.4 Å². The maximum Gasteiger partial charge on any atom is 0.158 e. The van der Waals surface area contributed by atoms with Crippen molar-refractivity contribution in [3.63, 3.8) is 0 Å². The van der Waals surface area contributed by atoms with E-state index in [2.05, 4.69) is 35.3 Å². The third kappa shape index (κ3) is 3.26. The summed E-state index contributed by atoms with van der Waals surface area (Å²) in [6, 6.07) is 10.2. The van der Waals surface area contributed by atoms with Crippen molar-refractivity contribution in [2.24, 2.45) is 10.9 Å². The van der Waals surface area contributed by atoms with Crippen molar-refractivity contribution >= 4 is 34.8 Å². The van der Waals surface area contributed by atoms with Gasteiger partial charge in [0.05, 0.1) is 23.3 Å². The number of hydrazine groups is 1. The van der Waals surface area contributed by atoms with Crippen molar-refractivity contribution in [3.8, 4) is 6.07 Å². The van der Waals surface area contributed by atoms with E-state index in [1.165, 1.54) is 0 Å². The second-order valence-electron chi connectivity index (χ2n) is 5.96. The number of hydrogen-bond acceptors (Lipinski definition) is 5. The van der Waals surface area contributed by atoms with Gasteiger partial charge in [0, 0.05) is 10.7 Å². The second-order valence-corrected chi connectivity index (χ2v) is 7.23. The Hall–Kier alpha value is -1.64. The zero-order valence-electron chi connectivity index (χ0n) is 13.9. The Kier molecular flexibility index (Phi) is 5.37. The fraction of sp³-hybridized carbons (Fsp3) is 0.444. The minimum absolute atomic E-state index is 0.134. The first-order valence-electron chi connectivity index (χ1n) is 8.22. The quantitative estimate of drug-likeness (QED) is 0.763. The number of fused-ring (bicyclic) bond motifs is 1. The number of nitriles is 1. The molecule has 4 nitrogen and oxygen atoms in total. The predicted octanol–water partition coefficient (Wildman–Crippen LogP) is 4.69. The third-order valence-electron chi connectivity index (χ3n) is 4.34. The molecule has 0 aromatic heterocycles. The molecule has 1 aromatic carbocycles. The Morgan fingerprint density at radius 2 is 2.12 bits per heavy atom. The van der Waals surface area contributed by atoms with Gasteiger partial charge in [0.1, 0.15) is 5.92 Å². The molecule has 0 saturated carbocycles. The Balaban J connectivity index is 1.94. The molecule has 1 fully saturated rings. The summed E-state index contributed by atoms with van der Waals surface area (Å²) < 4.78 is 0. The topological polar surface area (TPSA) is 42.6 Å². The first kappa shape index (κ1) is 17.2. The highest BCUT2D eigenvalue weighted by Crippen LogP contribution is 2.39. The Morgan fingerprint density at radius 3 is 2.75 bits per heavy atom. The summed E-state index contributed by atoms with van der Waals surface area (Å²) in [6.07, 6.45) is 7.36. The number of aliphatic imine (C=N–C) groups is 1. The molecular weight excluding hydrogens is 340 g/mol. The highest BCUT2D eigenvalue weighted by atomic mass is 35.5. The molecule has 0 bridgehead atoms. The number of unbranched alkanes of at least 4 members (excludes halogenated alkanes) is 1. The zero-order valence-corrected chi connectivity index (χ0v) is 15.5. The lowest BCUT2D eigenvalue weighted by molar-refractivity contribution is 0.305. The highest BCUT2D eigenvalue weighted by molar-refractivity contribution is 8.02. The number of benzene rings is 1. The van der Waals surface area contributed by atoms with Gasteiger partial charge < -0.3 is 0 Å². The Bertz CT molecular complexity index is 692. The van der Waals surface area contributed by atoms with Gasteiger partial charge in [-0.1, -0.05) is 24.9 Å². The lowest BCUT2D eigenvalue weighted by Gasteiger charge is -2.37.